The highest BCUT2D eigenvalue weighted by molar-refractivity contribution is 5.92. The summed E-state index contributed by atoms with van der Waals surface area (Å²) in [6.07, 6.45) is 1.97. The van der Waals surface area contributed by atoms with E-state index in [1.807, 2.05) is 18.2 Å². The van der Waals surface area contributed by atoms with Gasteiger partial charge in [0.1, 0.15) is 18.1 Å². The van der Waals surface area contributed by atoms with Gasteiger partial charge in [0.15, 0.2) is 0 Å². The van der Waals surface area contributed by atoms with Crippen molar-refractivity contribution in [2.24, 2.45) is 0 Å². The summed E-state index contributed by atoms with van der Waals surface area (Å²) in [5.74, 6) is 0.251. The van der Waals surface area contributed by atoms with Gasteiger partial charge in [-0.1, -0.05) is 6.92 Å². The van der Waals surface area contributed by atoms with Gasteiger partial charge in [0.2, 0.25) is 11.8 Å². The van der Waals surface area contributed by atoms with E-state index in [-0.39, 0.29) is 17.6 Å². The van der Waals surface area contributed by atoms with Crippen LogP contribution in [0.25, 0.3) is 11.0 Å². The predicted molar refractivity (Wildman–Crippen MR) is 95.3 cm³/mol. The van der Waals surface area contributed by atoms with Gasteiger partial charge in [-0.05, 0) is 18.2 Å². The molecule has 0 aromatic carbocycles. The van der Waals surface area contributed by atoms with Crippen LogP contribution in [0.4, 0.5) is 5.82 Å². The van der Waals surface area contributed by atoms with Crippen LogP contribution in [0.2, 0.25) is 0 Å². The smallest absolute Gasteiger partial charge is 0.349 e. The topological polar surface area (TPSA) is 128 Å². The third-order valence-electron chi connectivity index (χ3n) is 4.38. The van der Waals surface area contributed by atoms with Crippen molar-refractivity contribution < 1.29 is 9.53 Å². The quantitative estimate of drug-likeness (QED) is 0.621. The molecule has 0 bridgehead atoms. The molecule has 134 valence electrons. The number of aromatic amines is 1. The van der Waals surface area contributed by atoms with Crippen molar-refractivity contribution >= 4 is 22.8 Å². The van der Waals surface area contributed by atoms with Gasteiger partial charge in [-0.25, -0.2) is 9.78 Å². The minimum Gasteiger partial charge on any atom is -0.476 e. The van der Waals surface area contributed by atoms with Crippen molar-refractivity contribution in [3.05, 3.63) is 46.1 Å². The van der Waals surface area contributed by atoms with Crippen LogP contribution >= 0.6 is 0 Å². The zero-order valence-electron chi connectivity index (χ0n) is 14.2. The Morgan fingerprint density at radius 1 is 1.50 bits per heavy atom. The van der Waals surface area contributed by atoms with Gasteiger partial charge in [0.25, 0.3) is 0 Å². The summed E-state index contributed by atoms with van der Waals surface area (Å²) < 4.78 is 7.17. The second kappa shape index (κ2) is 6.26. The zero-order chi connectivity index (χ0) is 18.3. The van der Waals surface area contributed by atoms with Gasteiger partial charge < -0.3 is 15.8 Å². The van der Waals surface area contributed by atoms with Crippen molar-refractivity contribution in [3.63, 3.8) is 0 Å². The van der Waals surface area contributed by atoms with E-state index in [0.717, 1.165) is 5.39 Å². The fourth-order valence-electron chi connectivity index (χ4n) is 3.26. The van der Waals surface area contributed by atoms with Gasteiger partial charge >= 0.3 is 5.69 Å². The maximum Gasteiger partial charge on any atom is 0.349 e. The number of fused-ring (bicyclic) bond motifs is 2. The molecule has 1 aliphatic heterocycles. The van der Waals surface area contributed by atoms with E-state index >= 15 is 0 Å². The number of carbonyl (C=O) groups is 1. The number of carbonyl (C=O) groups excluding carboxylic acids is 1. The number of ether oxygens (including phenoxy) is 1. The average molecular weight is 354 g/mol. The number of nitrogens with one attached hydrogen (secondary N) is 2. The van der Waals surface area contributed by atoms with Crippen LogP contribution in [0.1, 0.15) is 35.4 Å². The third kappa shape index (κ3) is 2.53. The van der Waals surface area contributed by atoms with E-state index in [2.05, 4.69) is 20.3 Å². The van der Waals surface area contributed by atoms with Crippen LogP contribution < -0.4 is 21.5 Å². The molecule has 0 saturated carbocycles. The standard InChI is InChI=1S/C17H18N6O3/c1-2-11(24)23-10(8-9-4-3-5-20-15(9)23)13-12-14(18)21-17(25)22-16(12)26-7-6-19-13/h3-5,8,13,19H,2,6-7H2,1H3,(H3,18,21,22,25). The number of nitrogens with two attached hydrogens (primary N) is 1. The Morgan fingerprint density at radius 3 is 3.15 bits per heavy atom. The van der Waals surface area contributed by atoms with E-state index in [4.69, 9.17) is 10.5 Å². The first kappa shape index (κ1) is 16.3. The number of hydrogen-bond acceptors (Lipinski definition) is 7. The summed E-state index contributed by atoms with van der Waals surface area (Å²) >= 11 is 0. The summed E-state index contributed by atoms with van der Waals surface area (Å²) in [5, 5.41) is 4.17. The fraction of sp³-hybridized carbons (Fsp3) is 0.294. The van der Waals surface area contributed by atoms with Crippen LogP contribution in [0.3, 0.4) is 0 Å². The summed E-state index contributed by atoms with van der Waals surface area (Å²) in [5.41, 5.74) is 7.26. The Morgan fingerprint density at radius 2 is 2.35 bits per heavy atom. The molecule has 3 aromatic rings. The molecule has 9 heteroatoms. The molecule has 3 aromatic heterocycles. The maximum atomic E-state index is 12.6. The van der Waals surface area contributed by atoms with E-state index in [9.17, 15) is 9.59 Å². The second-order valence-electron chi connectivity index (χ2n) is 5.98. The highest BCUT2D eigenvalue weighted by Crippen LogP contribution is 2.35. The van der Waals surface area contributed by atoms with Crippen molar-refractivity contribution in [2.75, 3.05) is 18.9 Å². The SMILES string of the molecule is CCC(=O)n1c(C2NCCOc3nc(=O)[nH]c(N)c32)cc2cccnc21. The van der Waals surface area contributed by atoms with Gasteiger partial charge in [-0.2, -0.15) is 4.98 Å². The summed E-state index contributed by atoms with van der Waals surface area (Å²) in [4.78, 5) is 35.1. The van der Waals surface area contributed by atoms with E-state index < -0.39 is 11.7 Å². The Hall–Kier alpha value is -3.20. The monoisotopic (exact) mass is 354 g/mol. The molecule has 0 spiro atoms. The molecule has 1 atom stereocenters. The minimum absolute atomic E-state index is 0.0850. The van der Waals surface area contributed by atoms with Gasteiger partial charge in [-0.3, -0.25) is 14.3 Å². The molecule has 0 aliphatic carbocycles. The van der Waals surface area contributed by atoms with Crippen LogP contribution in [0.5, 0.6) is 5.88 Å². The normalized spacial score (nSPS) is 16.7. The molecule has 0 fully saturated rings. The first-order valence-electron chi connectivity index (χ1n) is 8.35. The molecule has 0 saturated heterocycles. The van der Waals surface area contributed by atoms with Crippen LogP contribution in [-0.4, -0.2) is 38.6 Å². The molecule has 9 nitrogen and oxygen atoms in total. The van der Waals surface area contributed by atoms with Gasteiger partial charge in [0, 0.05) is 24.5 Å². The number of hydrogen-bond donors (Lipinski definition) is 3. The first-order chi connectivity index (χ1) is 12.6. The lowest BCUT2D eigenvalue weighted by atomic mass is 10.0. The van der Waals surface area contributed by atoms with Gasteiger partial charge in [0.05, 0.1) is 17.3 Å². The molecule has 0 amide bonds. The number of anilines is 1. The summed E-state index contributed by atoms with van der Waals surface area (Å²) in [7, 11) is 0. The molecule has 4 N–H and O–H groups in total. The molecule has 26 heavy (non-hydrogen) atoms. The Kier molecular flexibility index (Phi) is 3.92. The fourth-order valence-corrected chi connectivity index (χ4v) is 3.26. The first-order valence-corrected chi connectivity index (χ1v) is 8.35. The van der Waals surface area contributed by atoms with Crippen molar-refractivity contribution in [2.45, 2.75) is 19.4 Å². The van der Waals surface area contributed by atoms with Crippen LogP contribution in [-0.2, 0) is 0 Å². The largest absolute Gasteiger partial charge is 0.476 e. The highest BCUT2D eigenvalue weighted by atomic mass is 16.5. The molecule has 1 aliphatic rings. The summed E-state index contributed by atoms with van der Waals surface area (Å²) in [6, 6.07) is 5.14. The molecule has 0 radical (unpaired) electrons. The number of aromatic nitrogens is 4. The lowest BCUT2D eigenvalue weighted by molar-refractivity contribution is 0.0909. The van der Waals surface area contributed by atoms with Crippen molar-refractivity contribution in [1.82, 2.24) is 24.8 Å². The maximum absolute atomic E-state index is 12.6. The highest BCUT2D eigenvalue weighted by Gasteiger charge is 2.30. The number of H-pyrrole nitrogens is 1. The minimum atomic E-state index is -0.575. The number of pyridine rings is 1. The van der Waals surface area contributed by atoms with E-state index in [1.165, 1.54) is 0 Å². The Bertz CT molecular complexity index is 1050. The molecular formula is C17H18N6O3. The van der Waals surface area contributed by atoms with Crippen LogP contribution in [0, 0.1) is 0 Å². The number of rotatable bonds is 2. The lowest BCUT2D eigenvalue weighted by Gasteiger charge is -2.20. The zero-order valence-corrected chi connectivity index (χ0v) is 14.2. The lowest BCUT2D eigenvalue weighted by Crippen LogP contribution is -2.29. The van der Waals surface area contributed by atoms with Crippen molar-refractivity contribution in [3.8, 4) is 5.88 Å². The van der Waals surface area contributed by atoms with E-state index in [0.29, 0.717) is 36.5 Å². The van der Waals surface area contributed by atoms with E-state index in [1.54, 1.807) is 17.7 Å². The van der Waals surface area contributed by atoms with Gasteiger partial charge in [-0.15, -0.1) is 0 Å². The molecule has 1 unspecified atom stereocenters. The van der Waals surface area contributed by atoms with Crippen LogP contribution in [0.15, 0.2) is 29.2 Å². The second-order valence-corrected chi connectivity index (χ2v) is 5.98. The molecule has 4 heterocycles. The Balaban J connectivity index is 1.99. The number of nitrogens with zero attached hydrogens (tertiary/aromatic N) is 3. The predicted octanol–water partition coefficient (Wildman–Crippen LogP) is 0.823. The molecular weight excluding hydrogens is 336 g/mol. The average Bonchev–Trinajstić information content (AvgIpc) is 2.88. The third-order valence-corrected chi connectivity index (χ3v) is 4.38. The summed E-state index contributed by atoms with van der Waals surface area (Å²) in [6.45, 7) is 2.63. The molecule has 4 rings (SSSR count). The van der Waals surface area contributed by atoms with Crippen molar-refractivity contribution in [1.29, 1.82) is 0 Å². The number of nitrogen functional groups attached to an aromatic ring is 1. The Labute approximate surface area is 148 Å².